The van der Waals surface area contributed by atoms with Crippen LogP contribution in [0.1, 0.15) is 79.4 Å². The van der Waals surface area contributed by atoms with Crippen molar-refractivity contribution in [3.05, 3.63) is 105 Å². The third-order valence-electron chi connectivity index (χ3n) is 11.7. The summed E-state index contributed by atoms with van der Waals surface area (Å²) < 4.78 is 33.4. The lowest BCUT2D eigenvalue weighted by molar-refractivity contribution is -0.128. The summed E-state index contributed by atoms with van der Waals surface area (Å²) in [5, 5.41) is 15.5. The van der Waals surface area contributed by atoms with Crippen LogP contribution in [0.2, 0.25) is 10.0 Å². The van der Waals surface area contributed by atoms with Crippen molar-refractivity contribution in [2.75, 3.05) is 26.2 Å². The molecule has 2 N–H and O–H groups in total. The standard InChI is InChI=1S/C44H44Cl2FN5O5/c1-43(47)11-14-52(15-12-43)13-4-16-55-37-8-3-7-34(40(37)46)31-5-2-6-33-32(31)9-10-36(33)57-39-20-38(56-26-29-17-28(23-48)24-49-25-29)30(19-35(39)45)18-27-21-44(22-27)41(53)50-42(54)51-44/h2-3,5-8,17,19-20,24-25,27,36H,4,9-16,18,21-22,26H2,1H3,(H2,50,51,53,54)/t27?,36-,44?/m0/s1. The Kier molecular flexibility index (Phi) is 11.0. The topological polar surface area (TPSA) is 126 Å². The van der Waals surface area contributed by atoms with Crippen molar-refractivity contribution in [1.82, 2.24) is 20.5 Å². The van der Waals surface area contributed by atoms with Crippen molar-refractivity contribution in [2.24, 2.45) is 5.92 Å². The number of pyridine rings is 1. The number of benzene rings is 3. The van der Waals surface area contributed by atoms with Gasteiger partial charge in [-0.25, -0.2) is 9.18 Å². The maximum atomic E-state index is 14.2. The second-order valence-electron chi connectivity index (χ2n) is 15.9. The number of rotatable bonds is 13. The average molecular weight is 813 g/mol. The molecule has 4 aliphatic rings. The Morgan fingerprint density at radius 2 is 1.79 bits per heavy atom. The lowest BCUT2D eigenvalue weighted by atomic mass is 9.66. The van der Waals surface area contributed by atoms with Gasteiger partial charge >= 0.3 is 6.03 Å². The van der Waals surface area contributed by atoms with Crippen molar-refractivity contribution in [3.8, 4) is 34.4 Å². The second kappa shape index (κ2) is 16.2. The minimum absolute atomic E-state index is 0.119. The van der Waals surface area contributed by atoms with Crippen LogP contribution < -0.4 is 24.8 Å². The zero-order valence-corrected chi connectivity index (χ0v) is 33.2. The van der Waals surface area contributed by atoms with Crippen molar-refractivity contribution in [1.29, 1.82) is 5.26 Å². The molecule has 1 saturated carbocycles. The van der Waals surface area contributed by atoms with Crippen LogP contribution in [0.15, 0.2) is 67.0 Å². The number of aromatic nitrogens is 1. The number of halogens is 3. The molecule has 2 aliphatic heterocycles. The van der Waals surface area contributed by atoms with Crippen molar-refractivity contribution >= 4 is 35.1 Å². The van der Waals surface area contributed by atoms with E-state index in [0.29, 0.717) is 71.6 Å². The Balaban J connectivity index is 0.975. The largest absolute Gasteiger partial charge is 0.492 e. The third-order valence-corrected chi connectivity index (χ3v) is 12.4. The maximum absolute atomic E-state index is 14.2. The number of urea groups is 1. The fourth-order valence-corrected chi connectivity index (χ4v) is 9.15. The van der Waals surface area contributed by atoms with E-state index in [9.17, 15) is 19.2 Å². The monoisotopic (exact) mass is 811 g/mol. The number of alkyl halides is 1. The predicted octanol–water partition coefficient (Wildman–Crippen LogP) is 8.70. The van der Waals surface area contributed by atoms with Gasteiger partial charge in [-0.2, -0.15) is 5.26 Å². The predicted molar refractivity (Wildman–Crippen MR) is 214 cm³/mol. The first kappa shape index (κ1) is 39.0. The van der Waals surface area contributed by atoms with Gasteiger partial charge in [0, 0.05) is 49.2 Å². The molecule has 2 aliphatic carbocycles. The number of nitriles is 1. The van der Waals surface area contributed by atoms with Crippen LogP contribution in [0.3, 0.4) is 0 Å². The number of amides is 3. The summed E-state index contributed by atoms with van der Waals surface area (Å²) in [6.45, 7) is 4.76. The van der Waals surface area contributed by atoms with Crippen molar-refractivity contribution in [2.45, 2.75) is 82.2 Å². The molecule has 1 spiro atoms. The number of likely N-dealkylation sites (tertiary alicyclic amines) is 1. The van der Waals surface area contributed by atoms with Gasteiger partial charge < -0.3 is 24.4 Å². The number of ether oxygens (including phenoxy) is 3. The summed E-state index contributed by atoms with van der Waals surface area (Å²) >= 11 is 14.0. The number of carbonyl (C=O) groups excluding carboxylic acids is 2. The number of hydrogen-bond acceptors (Lipinski definition) is 8. The first-order valence-corrected chi connectivity index (χ1v) is 20.3. The summed E-state index contributed by atoms with van der Waals surface area (Å²) in [6, 6.07) is 19.1. The molecule has 57 heavy (non-hydrogen) atoms. The molecule has 10 nitrogen and oxygen atoms in total. The van der Waals surface area contributed by atoms with E-state index >= 15 is 0 Å². The summed E-state index contributed by atoms with van der Waals surface area (Å²) in [5.41, 5.74) is 4.23. The molecule has 8 rings (SSSR count). The van der Waals surface area contributed by atoms with Crippen LogP contribution in [0.25, 0.3) is 11.1 Å². The van der Waals surface area contributed by atoms with E-state index in [0.717, 1.165) is 72.3 Å². The lowest BCUT2D eigenvalue weighted by Crippen LogP contribution is -2.57. The minimum atomic E-state index is -1.06. The molecule has 1 aromatic heterocycles. The number of hydrogen-bond donors (Lipinski definition) is 2. The lowest BCUT2D eigenvalue weighted by Gasteiger charge is -2.42. The highest BCUT2D eigenvalue weighted by atomic mass is 35.5. The summed E-state index contributed by atoms with van der Waals surface area (Å²) in [5.74, 6) is 1.52. The molecule has 0 unspecified atom stereocenters. The molecule has 4 aromatic rings. The van der Waals surface area contributed by atoms with Crippen LogP contribution >= 0.6 is 23.2 Å². The van der Waals surface area contributed by atoms with E-state index < -0.39 is 17.2 Å². The molecule has 0 radical (unpaired) electrons. The van der Waals surface area contributed by atoms with E-state index in [1.54, 1.807) is 19.2 Å². The van der Waals surface area contributed by atoms with Gasteiger partial charge in [0.25, 0.3) is 5.91 Å². The van der Waals surface area contributed by atoms with Crippen LogP contribution in [0.5, 0.6) is 17.2 Å². The van der Waals surface area contributed by atoms with Crippen molar-refractivity contribution in [3.63, 3.8) is 0 Å². The molecule has 3 fully saturated rings. The van der Waals surface area contributed by atoms with E-state index in [4.69, 9.17) is 37.4 Å². The highest BCUT2D eigenvalue weighted by Crippen LogP contribution is 2.47. The average Bonchev–Trinajstić information content (AvgIpc) is 3.73. The number of imide groups is 1. The first-order chi connectivity index (χ1) is 27.5. The van der Waals surface area contributed by atoms with Crippen molar-refractivity contribution < 1.29 is 28.2 Å². The van der Waals surface area contributed by atoms with Gasteiger partial charge in [-0.3, -0.25) is 15.1 Å². The van der Waals surface area contributed by atoms with Gasteiger partial charge in [-0.05, 0) is 105 Å². The molecule has 2 saturated heterocycles. The molecule has 13 heteroatoms. The van der Waals surface area contributed by atoms with Gasteiger partial charge in [0.05, 0.1) is 22.2 Å². The SMILES string of the molecule is CC1(F)CCN(CCCOc2cccc(-c3cccc4c3CC[C@@H]4Oc3cc(OCc4cncc(C#N)c4)c(CC4CC5(C4)NC(=O)NC5=O)cc3Cl)c2Cl)CC1. The van der Waals surface area contributed by atoms with Gasteiger partial charge in [0.2, 0.25) is 0 Å². The highest BCUT2D eigenvalue weighted by molar-refractivity contribution is 6.35. The Morgan fingerprint density at radius 3 is 2.56 bits per heavy atom. The highest BCUT2D eigenvalue weighted by Gasteiger charge is 2.55. The van der Waals surface area contributed by atoms with E-state index in [-0.39, 0.29) is 24.5 Å². The number of nitrogens with one attached hydrogen (secondary N) is 2. The summed E-state index contributed by atoms with van der Waals surface area (Å²) in [7, 11) is 0. The summed E-state index contributed by atoms with van der Waals surface area (Å²) in [6.07, 6.45) is 7.95. The molecule has 296 valence electrons. The number of piperidine rings is 1. The fraction of sp³-hybridized carbons (Fsp3) is 0.409. The number of carbonyl (C=O) groups is 2. The van der Waals surface area contributed by atoms with E-state index in [2.05, 4.69) is 38.7 Å². The Labute approximate surface area is 341 Å². The summed E-state index contributed by atoms with van der Waals surface area (Å²) in [4.78, 5) is 30.7. The van der Waals surface area contributed by atoms with Crippen LogP contribution in [0.4, 0.5) is 9.18 Å². The van der Waals surface area contributed by atoms with Crippen LogP contribution in [-0.4, -0.2) is 59.3 Å². The quantitative estimate of drug-likeness (QED) is 0.102. The number of fused-ring (bicyclic) bond motifs is 1. The Hall–Kier alpha value is -4.89. The molecule has 3 amide bonds. The third kappa shape index (κ3) is 8.40. The fourth-order valence-electron chi connectivity index (χ4n) is 8.63. The molecule has 3 aromatic carbocycles. The molecule has 1 atom stereocenters. The van der Waals surface area contributed by atoms with Gasteiger partial charge in [-0.1, -0.05) is 53.5 Å². The second-order valence-corrected chi connectivity index (χ2v) is 16.7. The maximum Gasteiger partial charge on any atom is 0.322 e. The van der Waals surface area contributed by atoms with E-state index in [1.165, 1.54) is 6.20 Å². The van der Waals surface area contributed by atoms with Gasteiger partial charge in [-0.15, -0.1) is 0 Å². The molecule has 3 heterocycles. The van der Waals surface area contributed by atoms with Gasteiger partial charge in [0.1, 0.15) is 47.2 Å². The Bertz CT molecular complexity index is 2230. The zero-order valence-electron chi connectivity index (χ0n) is 31.7. The molecular weight excluding hydrogens is 768 g/mol. The zero-order chi connectivity index (χ0) is 39.7. The minimum Gasteiger partial charge on any atom is -0.492 e. The number of nitrogens with zero attached hydrogens (tertiary/aromatic N) is 3. The normalized spacial score (nSPS) is 22.3. The van der Waals surface area contributed by atoms with E-state index in [1.807, 2.05) is 36.4 Å². The Morgan fingerprint density at radius 1 is 1.00 bits per heavy atom. The van der Waals surface area contributed by atoms with Crippen LogP contribution in [-0.2, 0) is 24.2 Å². The first-order valence-electron chi connectivity index (χ1n) is 19.5. The van der Waals surface area contributed by atoms with Gasteiger partial charge in [0.15, 0.2) is 0 Å². The molecule has 0 bridgehead atoms. The molecular formula is C44H44Cl2FN5O5. The van der Waals surface area contributed by atoms with Crippen LogP contribution in [0, 0.1) is 17.2 Å². The smallest absolute Gasteiger partial charge is 0.322 e.